The normalized spacial score (nSPS) is 12.3. The van der Waals surface area contributed by atoms with Crippen molar-refractivity contribution in [3.63, 3.8) is 0 Å². The van der Waals surface area contributed by atoms with E-state index in [4.69, 9.17) is 9.97 Å². The molecule has 0 aliphatic carbocycles. The van der Waals surface area contributed by atoms with Gasteiger partial charge in [0.25, 0.3) is 0 Å². The molecular formula is C56H32N4S. The standard InChI is InChI=1S/C56H32N4S/c1-2-14-34(15-3-1)59-47-24-12-9-20-40(47)42-28-30-49-51(54(42)59)52-50(61-49)31-29-43-41-21-10-13-25-48(41)60(55(43)52)56-57-46-23-11-8-22-44(46)53(58-56)33-26-27-39-37-18-5-4-16-35(37)36-17-6-7-19-38(36)45(39)32-33/h1-32H. The zero-order chi connectivity index (χ0) is 39.8. The first-order valence-corrected chi connectivity index (χ1v) is 21.6. The predicted molar refractivity (Wildman–Crippen MR) is 259 cm³/mol. The van der Waals surface area contributed by atoms with Crippen molar-refractivity contribution in [2.75, 3.05) is 0 Å². The highest BCUT2D eigenvalue weighted by molar-refractivity contribution is 7.26. The number of fused-ring (bicyclic) bond motifs is 18. The van der Waals surface area contributed by atoms with E-state index in [1.165, 1.54) is 85.1 Å². The molecule has 0 saturated heterocycles. The van der Waals surface area contributed by atoms with Gasteiger partial charge in [0.1, 0.15) is 0 Å². The number of rotatable bonds is 3. The highest BCUT2D eigenvalue weighted by Crippen LogP contribution is 2.48. The second-order valence-electron chi connectivity index (χ2n) is 16.1. The van der Waals surface area contributed by atoms with Crippen LogP contribution >= 0.6 is 11.3 Å². The summed E-state index contributed by atoms with van der Waals surface area (Å²) in [5.41, 5.74) is 8.65. The molecule has 0 saturated carbocycles. The molecule has 0 amide bonds. The molecule has 10 aromatic carbocycles. The summed E-state index contributed by atoms with van der Waals surface area (Å²) in [6.45, 7) is 0. The molecule has 4 heterocycles. The predicted octanol–water partition coefficient (Wildman–Crippen LogP) is 15.3. The zero-order valence-electron chi connectivity index (χ0n) is 32.7. The van der Waals surface area contributed by atoms with Gasteiger partial charge in [-0.3, -0.25) is 4.57 Å². The molecule has 0 aliphatic rings. The van der Waals surface area contributed by atoms with Crippen LogP contribution in [0.1, 0.15) is 0 Å². The first-order valence-electron chi connectivity index (χ1n) is 20.8. The Morgan fingerprint density at radius 2 is 0.820 bits per heavy atom. The number of thiophene rings is 1. The molecule has 5 heteroatoms. The Labute approximate surface area is 352 Å². The van der Waals surface area contributed by atoms with E-state index < -0.39 is 0 Å². The van der Waals surface area contributed by atoms with Crippen LogP contribution in [0.15, 0.2) is 194 Å². The molecule has 61 heavy (non-hydrogen) atoms. The third-order valence-electron chi connectivity index (χ3n) is 12.9. The highest BCUT2D eigenvalue weighted by atomic mass is 32.1. The molecule has 0 N–H and O–H groups in total. The van der Waals surface area contributed by atoms with Gasteiger partial charge in [-0.1, -0.05) is 146 Å². The average molecular weight is 793 g/mol. The number of hydrogen-bond donors (Lipinski definition) is 0. The summed E-state index contributed by atoms with van der Waals surface area (Å²) in [6, 6.07) is 70.4. The van der Waals surface area contributed by atoms with E-state index in [1.807, 2.05) is 11.3 Å². The minimum Gasteiger partial charge on any atom is -0.309 e. The number of nitrogens with zero attached hydrogens (tertiary/aromatic N) is 4. The van der Waals surface area contributed by atoms with Crippen molar-refractivity contribution >= 4 is 118 Å². The van der Waals surface area contributed by atoms with Crippen molar-refractivity contribution in [2.45, 2.75) is 0 Å². The monoisotopic (exact) mass is 792 g/mol. The third-order valence-corrected chi connectivity index (χ3v) is 14.0. The highest BCUT2D eigenvalue weighted by Gasteiger charge is 2.24. The quantitative estimate of drug-likeness (QED) is 0.167. The molecule has 4 aromatic heterocycles. The molecule has 4 nitrogen and oxygen atoms in total. The summed E-state index contributed by atoms with van der Waals surface area (Å²) in [7, 11) is 0. The van der Waals surface area contributed by atoms with Crippen LogP contribution in [0.25, 0.3) is 130 Å². The number of para-hydroxylation sites is 4. The fraction of sp³-hybridized carbons (Fsp3) is 0. The summed E-state index contributed by atoms with van der Waals surface area (Å²) in [5.74, 6) is 0.658. The molecule has 14 aromatic rings. The van der Waals surface area contributed by atoms with E-state index in [9.17, 15) is 0 Å². The van der Waals surface area contributed by atoms with Crippen molar-refractivity contribution in [3.8, 4) is 22.9 Å². The van der Waals surface area contributed by atoms with Gasteiger partial charge >= 0.3 is 0 Å². The van der Waals surface area contributed by atoms with Gasteiger partial charge in [-0.05, 0) is 80.8 Å². The van der Waals surface area contributed by atoms with Gasteiger partial charge < -0.3 is 4.57 Å². The van der Waals surface area contributed by atoms with Crippen molar-refractivity contribution in [1.82, 2.24) is 19.1 Å². The van der Waals surface area contributed by atoms with Crippen LogP contribution in [0.3, 0.4) is 0 Å². The molecule has 0 radical (unpaired) electrons. The Bertz CT molecular complexity index is 4140. The molecule has 0 fully saturated rings. The van der Waals surface area contributed by atoms with E-state index in [-0.39, 0.29) is 0 Å². The number of benzene rings is 10. The second-order valence-corrected chi connectivity index (χ2v) is 17.1. The Kier molecular flexibility index (Phi) is 6.68. The maximum absolute atomic E-state index is 5.65. The summed E-state index contributed by atoms with van der Waals surface area (Å²) in [4.78, 5) is 11.1. The van der Waals surface area contributed by atoms with Gasteiger partial charge in [0, 0.05) is 58.4 Å². The first-order chi connectivity index (χ1) is 30.3. The van der Waals surface area contributed by atoms with Gasteiger partial charge in [-0.2, -0.15) is 0 Å². The largest absolute Gasteiger partial charge is 0.309 e. The SMILES string of the molecule is c1ccc(-n2c3ccccc3c3ccc4sc5ccc6c7ccccc7n(-c7nc(-c8ccc9c%10ccccc%10c%10ccccc%10c9c8)c8ccccc8n7)c6c5c4c32)cc1. The molecule has 0 atom stereocenters. The van der Waals surface area contributed by atoms with Gasteiger partial charge in [-0.25, -0.2) is 9.97 Å². The van der Waals surface area contributed by atoms with Crippen LogP contribution in [0.4, 0.5) is 0 Å². The summed E-state index contributed by atoms with van der Waals surface area (Å²) in [6.07, 6.45) is 0. The van der Waals surface area contributed by atoms with Crippen molar-refractivity contribution < 1.29 is 0 Å². The minimum absolute atomic E-state index is 0.658. The van der Waals surface area contributed by atoms with Gasteiger partial charge in [-0.15, -0.1) is 11.3 Å². The Morgan fingerprint density at radius 3 is 1.46 bits per heavy atom. The molecule has 0 unspecified atom stereocenters. The van der Waals surface area contributed by atoms with E-state index in [0.29, 0.717) is 5.95 Å². The summed E-state index contributed by atoms with van der Waals surface area (Å²) < 4.78 is 7.29. The van der Waals surface area contributed by atoms with Gasteiger partial charge in [0.15, 0.2) is 0 Å². The molecular weight excluding hydrogens is 761 g/mol. The van der Waals surface area contributed by atoms with Crippen molar-refractivity contribution in [2.24, 2.45) is 0 Å². The molecule has 14 rings (SSSR count). The van der Waals surface area contributed by atoms with E-state index >= 15 is 0 Å². The lowest BCUT2D eigenvalue weighted by molar-refractivity contribution is 1.02. The van der Waals surface area contributed by atoms with Crippen LogP contribution in [-0.4, -0.2) is 19.1 Å². The Morgan fingerprint density at radius 1 is 0.344 bits per heavy atom. The molecule has 0 spiro atoms. The van der Waals surface area contributed by atoms with E-state index in [2.05, 4.69) is 203 Å². The lowest BCUT2D eigenvalue weighted by Gasteiger charge is -2.14. The van der Waals surface area contributed by atoms with Crippen LogP contribution in [0.2, 0.25) is 0 Å². The smallest absolute Gasteiger partial charge is 0.235 e. The van der Waals surface area contributed by atoms with Gasteiger partial charge in [0.2, 0.25) is 5.95 Å². The lowest BCUT2D eigenvalue weighted by Crippen LogP contribution is -2.03. The average Bonchev–Trinajstić information content (AvgIpc) is 3.99. The molecule has 282 valence electrons. The van der Waals surface area contributed by atoms with Gasteiger partial charge in [0.05, 0.1) is 33.3 Å². The zero-order valence-corrected chi connectivity index (χ0v) is 33.5. The van der Waals surface area contributed by atoms with Crippen molar-refractivity contribution in [1.29, 1.82) is 0 Å². The fourth-order valence-corrected chi connectivity index (χ4v) is 11.5. The molecule has 0 aliphatic heterocycles. The summed E-state index contributed by atoms with van der Waals surface area (Å²) >= 11 is 1.86. The second kappa shape index (κ2) is 12.3. The van der Waals surface area contributed by atoms with E-state index in [0.717, 1.165) is 38.9 Å². The van der Waals surface area contributed by atoms with Crippen LogP contribution in [-0.2, 0) is 0 Å². The van der Waals surface area contributed by atoms with Crippen LogP contribution in [0, 0.1) is 0 Å². The number of hydrogen-bond acceptors (Lipinski definition) is 3. The van der Waals surface area contributed by atoms with E-state index in [1.54, 1.807) is 0 Å². The summed E-state index contributed by atoms with van der Waals surface area (Å²) in [5, 5.41) is 15.8. The Hall–Kier alpha value is -7.86. The maximum atomic E-state index is 5.65. The molecule has 0 bridgehead atoms. The van der Waals surface area contributed by atoms with Crippen molar-refractivity contribution in [3.05, 3.63) is 194 Å². The third kappa shape index (κ3) is 4.53. The minimum atomic E-state index is 0.658. The lowest BCUT2D eigenvalue weighted by atomic mass is 9.92. The maximum Gasteiger partial charge on any atom is 0.235 e. The van der Waals surface area contributed by atoms with Crippen LogP contribution < -0.4 is 0 Å². The fourth-order valence-electron chi connectivity index (χ4n) is 10.3. The Balaban J connectivity index is 1.12. The number of aromatic nitrogens is 4. The first kappa shape index (κ1) is 33.0. The topological polar surface area (TPSA) is 35.6 Å². The van der Waals surface area contributed by atoms with Crippen LogP contribution in [0.5, 0.6) is 0 Å².